The van der Waals surface area contributed by atoms with Crippen LogP contribution in [0.3, 0.4) is 0 Å². The fourth-order valence-corrected chi connectivity index (χ4v) is 5.15. The van der Waals surface area contributed by atoms with Gasteiger partial charge in [-0.1, -0.05) is 24.4 Å². The molecule has 3 rings (SSSR count). The number of aryl methyl sites for hydroxylation is 2. The Hall–Kier alpha value is -0.480. The van der Waals surface area contributed by atoms with Gasteiger partial charge in [0.1, 0.15) is 5.76 Å². The zero-order valence-electron chi connectivity index (χ0n) is 16.8. The first-order chi connectivity index (χ1) is 12.6. The average molecular weight is 507 g/mol. The molecule has 0 radical (unpaired) electrons. The normalized spacial score (nSPS) is 20.8. The molecule has 2 aliphatic rings. The van der Waals surface area contributed by atoms with E-state index in [2.05, 4.69) is 37.4 Å². The van der Waals surface area contributed by atoms with E-state index in [4.69, 9.17) is 4.52 Å². The molecule has 1 saturated heterocycles. The van der Waals surface area contributed by atoms with Crippen molar-refractivity contribution >= 4 is 41.7 Å². The summed E-state index contributed by atoms with van der Waals surface area (Å²) >= 11 is 2.09. The van der Waals surface area contributed by atoms with E-state index in [1.165, 1.54) is 56.7 Å². The number of nitrogens with one attached hydrogen (secondary N) is 2. The molecule has 2 heterocycles. The van der Waals surface area contributed by atoms with Gasteiger partial charge < -0.3 is 15.2 Å². The molecule has 8 heteroatoms. The quantitative estimate of drug-likeness (QED) is 0.362. The minimum atomic E-state index is 0. The van der Waals surface area contributed by atoms with Crippen molar-refractivity contribution in [1.29, 1.82) is 0 Å². The number of hydrogen-bond acceptors (Lipinski definition) is 5. The second kappa shape index (κ2) is 10.9. The summed E-state index contributed by atoms with van der Waals surface area (Å²) in [5.74, 6) is 4.27. The van der Waals surface area contributed by atoms with Crippen molar-refractivity contribution in [3.05, 3.63) is 17.0 Å². The number of aliphatic imine (C=N–C) groups is 1. The van der Waals surface area contributed by atoms with E-state index in [-0.39, 0.29) is 24.0 Å². The topological polar surface area (TPSA) is 65.7 Å². The number of rotatable bonds is 5. The molecule has 0 aromatic carbocycles. The largest absolute Gasteiger partial charge is 0.361 e. The molecule has 1 saturated carbocycles. The molecular weight excluding hydrogens is 473 g/mol. The average Bonchev–Trinajstić information content (AvgIpc) is 3.01. The number of thioether (sulfide) groups is 1. The third-order valence-corrected chi connectivity index (χ3v) is 6.83. The molecule has 154 valence electrons. The highest BCUT2D eigenvalue weighted by atomic mass is 127. The summed E-state index contributed by atoms with van der Waals surface area (Å²) < 4.78 is 5.25. The Morgan fingerprint density at radius 2 is 1.89 bits per heavy atom. The van der Waals surface area contributed by atoms with Crippen molar-refractivity contribution in [3.63, 3.8) is 0 Å². The molecular formula is C19H34IN5OS. The van der Waals surface area contributed by atoms with E-state index in [0.29, 0.717) is 12.1 Å². The van der Waals surface area contributed by atoms with Crippen LogP contribution in [0.25, 0.3) is 0 Å². The molecule has 27 heavy (non-hydrogen) atoms. The fourth-order valence-electron chi connectivity index (χ4n) is 4.25. The molecule has 0 unspecified atom stereocenters. The maximum atomic E-state index is 5.25. The summed E-state index contributed by atoms with van der Waals surface area (Å²) in [7, 11) is 1.84. The molecule has 0 bridgehead atoms. The SMILES string of the molecule is CN=C(NCc1c(C)noc1C)NCC1(N2CCSCC2)CCCCC1.I. The van der Waals surface area contributed by atoms with Gasteiger partial charge in [-0.25, -0.2) is 0 Å². The van der Waals surface area contributed by atoms with Gasteiger partial charge in [-0.05, 0) is 26.7 Å². The van der Waals surface area contributed by atoms with Crippen LogP contribution in [0, 0.1) is 13.8 Å². The Kier molecular flexibility index (Phi) is 9.21. The first-order valence-corrected chi connectivity index (χ1v) is 11.0. The number of guanidine groups is 1. The van der Waals surface area contributed by atoms with Gasteiger partial charge in [0.15, 0.2) is 5.96 Å². The highest BCUT2D eigenvalue weighted by Crippen LogP contribution is 2.34. The molecule has 2 fully saturated rings. The third kappa shape index (κ3) is 5.76. The zero-order chi connectivity index (χ0) is 18.4. The van der Waals surface area contributed by atoms with E-state index in [1.807, 2.05) is 20.9 Å². The zero-order valence-corrected chi connectivity index (χ0v) is 20.0. The van der Waals surface area contributed by atoms with Gasteiger partial charge in [0.05, 0.1) is 5.69 Å². The Labute approximate surface area is 184 Å². The lowest BCUT2D eigenvalue weighted by Crippen LogP contribution is -2.59. The summed E-state index contributed by atoms with van der Waals surface area (Å²) in [6.45, 7) is 8.04. The van der Waals surface area contributed by atoms with Gasteiger partial charge in [0.25, 0.3) is 0 Å². The van der Waals surface area contributed by atoms with E-state index < -0.39 is 0 Å². The van der Waals surface area contributed by atoms with Crippen molar-refractivity contribution in [3.8, 4) is 0 Å². The van der Waals surface area contributed by atoms with Crippen LogP contribution in [-0.2, 0) is 6.54 Å². The summed E-state index contributed by atoms with van der Waals surface area (Å²) in [5.41, 5.74) is 2.35. The van der Waals surface area contributed by atoms with Crippen molar-refractivity contribution in [2.75, 3.05) is 38.2 Å². The molecule has 1 aromatic rings. The minimum Gasteiger partial charge on any atom is -0.361 e. The van der Waals surface area contributed by atoms with Gasteiger partial charge >= 0.3 is 0 Å². The molecule has 1 aliphatic carbocycles. The van der Waals surface area contributed by atoms with Crippen LogP contribution in [-0.4, -0.2) is 59.7 Å². The summed E-state index contributed by atoms with van der Waals surface area (Å²) in [6.07, 6.45) is 6.66. The lowest BCUT2D eigenvalue weighted by molar-refractivity contribution is 0.0626. The Morgan fingerprint density at radius 1 is 1.19 bits per heavy atom. The van der Waals surface area contributed by atoms with Crippen LogP contribution >= 0.6 is 35.7 Å². The van der Waals surface area contributed by atoms with E-state index >= 15 is 0 Å². The van der Waals surface area contributed by atoms with Crippen LogP contribution in [0.5, 0.6) is 0 Å². The van der Waals surface area contributed by atoms with Crippen molar-refractivity contribution in [2.24, 2.45) is 4.99 Å². The summed E-state index contributed by atoms with van der Waals surface area (Å²) in [6, 6.07) is 0. The van der Waals surface area contributed by atoms with Crippen LogP contribution in [0.1, 0.15) is 49.1 Å². The second-order valence-corrected chi connectivity index (χ2v) is 8.69. The van der Waals surface area contributed by atoms with Crippen molar-refractivity contribution < 1.29 is 4.52 Å². The number of halogens is 1. The van der Waals surface area contributed by atoms with Gasteiger partial charge in [0.2, 0.25) is 0 Å². The Morgan fingerprint density at radius 3 is 2.48 bits per heavy atom. The van der Waals surface area contributed by atoms with Gasteiger partial charge in [-0.15, -0.1) is 24.0 Å². The van der Waals surface area contributed by atoms with Crippen molar-refractivity contribution in [1.82, 2.24) is 20.7 Å². The third-order valence-electron chi connectivity index (χ3n) is 5.89. The predicted octanol–water partition coefficient (Wildman–Crippen LogP) is 3.33. The fraction of sp³-hybridized carbons (Fsp3) is 0.789. The first-order valence-electron chi connectivity index (χ1n) is 9.84. The predicted molar refractivity (Wildman–Crippen MR) is 124 cm³/mol. The smallest absolute Gasteiger partial charge is 0.191 e. The van der Waals surface area contributed by atoms with Crippen molar-refractivity contribution in [2.45, 2.75) is 58.0 Å². The lowest BCUT2D eigenvalue weighted by atomic mass is 9.80. The van der Waals surface area contributed by atoms with E-state index in [1.54, 1.807) is 0 Å². The standard InChI is InChI=1S/C19H33N5OS.HI/c1-15-17(16(2)25-23-15)13-21-18(20-3)22-14-19(7-5-4-6-8-19)24-9-11-26-12-10-24;/h4-14H2,1-3H3,(H2,20,21,22);1H. The number of hydrogen-bond donors (Lipinski definition) is 2. The van der Waals surface area contributed by atoms with Gasteiger partial charge in [-0.3, -0.25) is 9.89 Å². The maximum Gasteiger partial charge on any atom is 0.191 e. The van der Waals surface area contributed by atoms with Crippen LogP contribution in [0.4, 0.5) is 0 Å². The Bertz CT molecular complexity index is 590. The maximum absolute atomic E-state index is 5.25. The van der Waals surface area contributed by atoms with Gasteiger partial charge in [0, 0.05) is 55.8 Å². The van der Waals surface area contributed by atoms with Crippen LogP contribution in [0.15, 0.2) is 9.52 Å². The monoisotopic (exact) mass is 507 g/mol. The number of nitrogens with zero attached hydrogens (tertiary/aromatic N) is 3. The van der Waals surface area contributed by atoms with E-state index in [9.17, 15) is 0 Å². The van der Waals surface area contributed by atoms with Gasteiger partial charge in [-0.2, -0.15) is 11.8 Å². The highest BCUT2D eigenvalue weighted by molar-refractivity contribution is 14.0. The first kappa shape index (κ1) is 22.8. The molecule has 6 nitrogen and oxygen atoms in total. The Balaban J connectivity index is 0.00000261. The lowest BCUT2D eigenvalue weighted by Gasteiger charge is -2.48. The summed E-state index contributed by atoms with van der Waals surface area (Å²) in [4.78, 5) is 7.18. The minimum absolute atomic E-state index is 0. The van der Waals surface area contributed by atoms with E-state index in [0.717, 1.165) is 29.5 Å². The molecule has 2 N–H and O–H groups in total. The molecule has 0 atom stereocenters. The molecule has 1 aliphatic heterocycles. The highest BCUT2D eigenvalue weighted by Gasteiger charge is 2.38. The second-order valence-electron chi connectivity index (χ2n) is 7.47. The molecule has 0 amide bonds. The van der Waals surface area contributed by atoms with Crippen LogP contribution in [0.2, 0.25) is 0 Å². The molecule has 1 aromatic heterocycles. The number of aromatic nitrogens is 1. The molecule has 0 spiro atoms. The summed E-state index contributed by atoms with van der Waals surface area (Å²) in [5, 5.41) is 11.1. The van der Waals surface area contributed by atoms with Crippen LogP contribution < -0.4 is 10.6 Å².